The van der Waals surface area contributed by atoms with E-state index < -0.39 is 35.8 Å². The van der Waals surface area contributed by atoms with Gasteiger partial charge in [-0.3, -0.25) is 14.5 Å². The second-order valence-corrected chi connectivity index (χ2v) is 6.53. The van der Waals surface area contributed by atoms with E-state index in [1.165, 1.54) is 19.2 Å². The van der Waals surface area contributed by atoms with Gasteiger partial charge in [0.1, 0.15) is 18.7 Å². The van der Waals surface area contributed by atoms with Crippen molar-refractivity contribution in [3.63, 3.8) is 0 Å². The van der Waals surface area contributed by atoms with Crippen molar-refractivity contribution in [1.82, 2.24) is 10.2 Å². The maximum absolute atomic E-state index is 13.7. The summed E-state index contributed by atoms with van der Waals surface area (Å²) >= 11 is 0. The Bertz CT molecular complexity index is 716. The summed E-state index contributed by atoms with van der Waals surface area (Å²) < 4.78 is 23.6. The number of nitrogens with one attached hydrogen (secondary N) is 1. The van der Waals surface area contributed by atoms with Crippen LogP contribution < -0.4 is 10.1 Å². The average molecular weight is 380 g/mol. The van der Waals surface area contributed by atoms with Crippen molar-refractivity contribution in [3.05, 3.63) is 29.6 Å². The van der Waals surface area contributed by atoms with Gasteiger partial charge in [0.2, 0.25) is 0 Å². The van der Waals surface area contributed by atoms with Crippen molar-refractivity contribution in [3.8, 4) is 5.75 Å². The van der Waals surface area contributed by atoms with Gasteiger partial charge in [0.25, 0.3) is 5.91 Å². The van der Waals surface area contributed by atoms with Gasteiger partial charge in [-0.1, -0.05) is 32.8 Å². The first-order chi connectivity index (χ1) is 12.9. The largest absolute Gasteiger partial charge is 0.494 e. The third-order valence-electron chi connectivity index (χ3n) is 4.50. The average Bonchev–Trinajstić information content (AvgIpc) is 2.85. The number of ether oxygens (including phenoxy) is 2. The number of esters is 1. The fraction of sp³-hybridized carbons (Fsp3) is 0.526. The Morgan fingerprint density at radius 2 is 1.89 bits per heavy atom. The number of carbonyl (C=O) groups is 3. The zero-order valence-electron chi connectivity index (χ0n) is 15.8. The van der Waals surface area contributed by atoms with E-state index in [0.717, 1.165) is 17.7 Å². The monoisotopic (exact) mass is 380 g/mol. The maximum atomic E-state index is 13.7. The van der Waals surface area contributed by atoms with Gasteiger partial charge in [0, 0.05) is 0 Å². The molecule has 0 aliphatic carbocycles. The van der Waals surface area contributed by atoms with Crippen molar-refractivity contribution in [2.24, 2.45) is 0 Å². The Kier molecular flexibility index (Phi) is 6.76. The Morgan fingerprint density at radius 1 is 1.22 bits per heavy atom. The molecule has 1 fully saturated rings. The van der Waals surface area contributed by atoms with Gasteiger partial charge in [0.05, 0.1) is 7.11 Å². The van der Waals surface area contributed by atoms with Gasteiger partial charge in [-0.2, -0.15) is 0 Å². The minimum atomic E-state index is -0.944. The van der Waals surface area contributed by atoms with E-state index in [4.69, 9.17) is 9.47 Å². The van der Waals surface area contributed by atoms with Crippen LogP contribution in [0.1, 0.15) is 45.1 Å². The molecule has 3 amide bonds. The van der Waals surface area contributed by atoms with E-state index in [9.17, 15) is 18.8 Å². The molecule has 1 saturated heterocycles. The predicted octanol–water partition coefficient (Wildman–Crippen LogP) is 2.77. The summed E-state index contributed by atoms with van der Waals surface area (Å²) in [4.78, 5) is 37.9. The minimum Gasteiger partial charge on any atom is -0.494 e. The smallest absolute Gasteiger partial charge is 0.326 e. The number of imide groups is 1. The first kappa shape index (κ1) is 20.7. The number of hydrogen-bond donors (Lipinski definition) is 1. The fourth-order valence-electron chi connectivity index (χ4n) is 3.28. The van der Waals surface area contributed by atoms with E-state index in [0.29, 0.717) is 18.4 Å². The van der Waals surface area contributed by atoms with Crippen molar-refractivity contribution < 1.29 is 28.2 Å². The lowest BCUT2D eigenvalue weighted by atomic mass is 9.88. The molecular weight excluding hydrogens is 355 g/mol. The van der Waals surface area contributed by atoms with E-state index in [1.807, 2.05) is 13.8 Å². The van der Waals surface area contributed by atoms with Crippen molar-refractivity contribution in [2.45, 2.75) is 51.7 Å². The summed E-state index contributed by atoms with van der Waals surface area (Å²) in [5.74, 6) is -1.61. The van der Waals surface area contributed by atoms with Gasteiger partial charge >= 0.3 is 12.0 Å². The molecule has 0 unspecified atom stereocenters. The molecule has 1 aliphatic rings. The van der Waals surface area contributed by atoms with Crippen LogP contribution in [0.25, 0.3) is 0 Å². The van der Waals surface area contributed by atoms with Gasteiger partial charge in [0.15, 0.2) is 11.6 Å². The van der Waals surface area contributed by atoms with Crippen LogP contribution in [0.15, 0.2) is 18.2 Å². The molecule has 7 nitrogen and oxygen atoms in total. The number of halogens is 1. The quantitative estimate of drug-likeness (QED) is 0.526. The third kappa shape index (κ3) is 4.56. The van der Waals surface area contributed by atoms with E-state index in [-0.39, 0.29) is 12.4 Å². The second-order valence-electron chi connectivity index (χ2n) is 6.53. The molecule has 0 atom stereocenters. The topological polar surface area (TPSA) is 84.9 Å². The van der Waals surface area contributed by atoms with Crippen molar-refractivity contribution in [1.29, 1.82) is 0 Å². The molecule has 27 heavy (non-hydrogen) atoms. The molecular formula is C19H25FN2O5. The van der Waals surface area contributed by atoms with Gasteiger partial charge in [-0.25, -0.2) is 9.18 Å². The summed E-state index contributed by atoms with van der Waals surface area (Å²) in [5.41, 5.74) is -0.509. The summed E-state index contributed by atoms with van der Waals surface area (Å²) in [6.07, 6.45) is 2.49. The molecule has 148 valence electrons. The summed E-state index contributed by atoms with van der Waals surface area (Å²) in [7, 11) is 1.35. The first-order valence-electron chi connectivity index (χ1n) is 8.99. The molecule has 0 spiro atoms. The predicted molar refractivity (Wildman–Crippen MR) is 95.5 cm³/mol. The van der Waals surface area contributed by atoms with Crippen LogP contribution in [-0.4, -0.2) is 42.0 Å². The van der Waals surface area contributed by atoms with Gasteiger partial charge in [-0.05, 0) is 30.5 Å². The number of benzene rings is 1. The lowest BCUT2D eigenvalue weighted by molar-refractivity contribution is -0.149. The number of urea groups is 1. The zero-order valence-corrected chi connectivity index (χ0v) is 15.8. The molecule has 1 N–H and O–H groups in total. The van der Waals surface area contributed by atoms with Crippen molar-refractivity contribution in [2.75, 3.05) is 13.7 Å². The summed E-state index contributed by atoms with van der Waals surface area (Å²) in [6.45, 7) is 3.22. The lowest BCUT2D eigenvalue weighted by Crippen LogP contribution is -2.47. The molecule has 0 radical (unpaired) electrons. The highest BCUT2D eigenvalue weighted by Crippen LogP contribution is 2.28. The molecule has 0 bridgehead atoms. The van der Waals surface area contributed by atoms with Crippen LogP contribution in [0, 0.1) is 5.82 Å². The highest BCUT2D eigenvalue weighted by molar-refractivity contribution is 6.08. The molecule has 8 heteroatoms. The van der Waals surface area contributed by atoms with Crippen LogP contribution in [0.2, 0.25) is 0 Å². The van der Waals surface area contributed by atoms with Gasteiger partial charge < -0.3 is 14.8 Å². The lowest BCUT2D eigenvalue weighted by Gasteiger charge is -2.25. The Morgan fingerprint density at radius 3 is 2.44 bits per heavy atom. The zero-order chi connectivity index (χ0) is 20.0. The summed E-state index contributed by atoms with van der Waals surface area (Å²) in [6, 6.07) is 3.61. The minimum absolute atomic E-state index is 0.0904. The molecule has 0 aromatic heterocycles. The molecule has 1 heterocycles. The summed E-state index contributed by atoms with van der Waals surface area (Å²) in [5, 5.41) is 2.73. The normalized spacial score (nSPS) is 15.6. The third-order valence-corrected chi connectivity index (χ3v) is 4.50. The number of rotatable bonds is 9. The van der Waals surface area contributed by atoms with Gasteiger partial charge in [-0.15, -0.1) is 0 Å². The molecule has 1 aromatic rings. The second kappa shape index (κ2) is 8.83. The highest BCUT2D eigenvalue weighted by Gasteiger charge is 2.50. The molecule has 0 saturated carbocycles. The number of carbonyl (C=O) groups excluding carboxylic acids is 3. The van der Waals surface area contributed by atoms with Crippen molar-refractivity contribution >= 4 is 17.9 Å². The Labute approximate surface area is 157 Å². The SMILES string of the molecule is CCCC1(CCC)NC(=O)N(CC(=O)OCc2ccc(OC)c(F)c2)C1=O. The highest BCUT2D eigenvalue weighted by atomic mass is 19.1. The Balaban J connectivity index is 1.98. The molecule has 1 aromatic carbocycles. The standard InChI is InChI=1S/C19H25FN2O5/c1-4-8-19(9-5-2)17(24)22(18(25)21-19)11-16(23)27-12-13-6-7-15(26-3)14(20)10-13/h6-7,10H,4-5,8-9,11-12H2,1-3H3,(H,21,25). The van der Waals surface area contributed by atoms with Crippen LogP contribution in [0.5, 0.6) is 5.75 Å². The van der Waals surface area contributed by atoms with E-state index in [2.05, 4.69) is 5.32 Å². The first-order valence-corrected chi connectivity index (χ1v) is 8.99. The van der Waals surface area contributed by atoms with Crippen LogP contribution in [0.3, 0.4) is 0 Å². The van der Waals surface area contributed by atoms with Crippen LogP contribution in [-0.2, 0) is 20.9 Å². The van der Waals surface area contributed by atoms with E-state index >= 15 is 0 Å². The fourth-order valence-corrected chi connectivity index (χ4v) is 3.28. The molecule has 1 aliphatic heterocycles. The van der Waals surface area contributed by atoms with E-state index in [1.54, 1.807) is 6.07 Å². The Hall–Kier alpha value is -2.64. The molecule has 2 rings (SSSR count). The number of methoxy groups -OCH3 is 1. The number of amides is 3. The van der Waals surface area contributed by atoms with Crippen LogP contribution in [0.4, 0.5) is 9.18 Å². The number of hydrogen-bond acceptors (Lipinski definition) is 5. The number of nitrogens with zero attached hydrogens (tertiary/aromatic N) is 1. The van der Waals surface area contributed by atoms with Crippen LogP contribution >= 0.6 is 0 Å². The maximum Gasteiger partial charge on any atom is 0.326 e.